The second-order valence-electron chi connectivity index (χ2n) is 7.28. The van der Waals surface area contributed by atoms with Crippen molar-refractivity contribution in [1.82, 2.24) is 9.21 Å². The van der Waals surface area contributed by atoms with Gasteiger partial charge in [-0.3, -0.25) is 4.79 Å². The third-order valence-corrected chi connectivity index (χ3v) is 7.33. The molecule has 152 valence electrons. The molecular weight excluding hydrogens is 390 g/mol. The van der Waals surface area contributed by atoms with E-state index in [9.17, 15) is 18.3 Å². The summed E-state index contributed by atoms with van der Waals surface area (Å²) in [6.07, 6.45) is 1.13. The SMILES string of the molecule is Cc1ccc(S(=O)(=O)N2CCN(C(=O)[C@H]3CC[C@@H](O)[C@H](N)C3)CC2)cc1.Cl. The zero-order chi connectivity index (χ0) is 18.9. The number of nitrogens with two attached hydrogens (primary N) is 1. The summed E-state index contributed by atoms with van der Waals surface area (Å²) in [5.41, 5.74) is 6.89. The van der Waals surface area contributed by atoms with Crippen LogP contribution in [-0.2, 0) is 14.8 Å². The zero-order valence-electron chi connectivity index (χ0n) is 15.5. The Hall–Kier alpha value is -1.19. The normalized spacial score (nSPS) is 27.1. The van der Waals surface area contributed by atoms with Crippen molar-refractivity contribution in [2.75, 3.05) is 26.2 Å². The molecule has 0 aromatic heterocycles. The number of hydrogen-bond acceptors (Lipinski definition) is 5. The van der Waals surface area contributed by atoms with Gasteiger partial charge in [0.1, 0.15) is 0 Å². The molecule has 7 nitrogen and oxygen atoms in total. The lowest BCUT2D eigenvalue weighted by Crippen LogP contribution is -2.53. The van der Waals surface area contributed by atoms with Crippen LogP contribution in [0.15, 0.2) is 29.2 Å². The summed E-state index contributed by atoms with van der Waals surface area (Å²) in [6.45, 7) is 3.28. The highest BCUT2D eigenvalue weighted by atomic mass is 35.5. The Kier molecular flexibility index (Phi) is 7.27. The fraction of sp³-hybridized carbons (Fsp3) is 0.611. The number of aliphatic hydroxyl groups excluding tert-OH is 1. The average molecular weight is 418 g/mol. The summed E-state index contributed by atoms with van der Waals surface area (Å²) in [6, 6.07) is 6.45. The number of hydrogen-bond donors (Lipinski definition) is 2. The molecular formula is C18H28ClN3O4S. The summed E-state index contributed by atoms with van der Waals surface area (Å²) in [4.78, 5) is 14.7. The molecule has 1 aromatic carbocycles. The lowest BCUT2D eigenvalue weighted by atomic mass is 9.83. The van der Waals surface area contributed by atoms with E-state index in [1.165, 1.54) is 4.31 Å². The third kappa shape index (κ3) is 4.81. The molecule has 0 bridgehead atoms. The first-order chi connectivity index (χ1) is 12.3. The van der Waals surface area contributed by atoms with E-state index in [1.807, 2.05) is 6.92 Å². The maximum Gasteiger partial charge on any atom is 0.243 e. The van der Waals surface area contributed by atoms with Gasteiger partial charge in [-0.25, -0.2) is 8.42 Å². The van der Waals surface area contributed by atoms with E-state index in [0.29, 0.717) is 45.4 Å². The molecule has 0 unspecified atom stereocenters. The first-order valence-electron chi connectivity index (χ1n) is 9.08. The number of sulfonamides is 1. The van der Waals surface area contributed by atoms with Gasteiger partial charge in [-0.05, 0) is 38.3 Å². The fourth-order valence-electron chi connectivity index (χ4n) is 3.68. The van der Waals surface area contributed by atoms with Crippen LogP contribution >= 0.6 is 12.4 Å². The lowest BCUT2D eigenvalue weighted by Gasteiger charge is -2.38. The number of carbonyl (C=O) groups excluding carboxylic acids is 1. The van der Waals surface area contributed by atoms with E-state index in [4.69, 9.17) is 5.73 Å². The van der Waals surface area contributed by atoms with Crippen LogP contribution in [0, 0.1) is 12.8 Å². The van der Waals surface area contributed by atoms with Gasteiger partial charge in [0.25, 0.3) is 0 Å². The molecule has 1 saturated carbocycles. The van der Waals surface area contributed by atoms with Crippen LogP contribution in [0.25, 0.3) is 0 Å². The molecule has 3 rings (SSSR count). The lowest BCUT2D eigenvalue weighted by molar-refractivity contribution is -0.138. The third-order valence-electron chi connectivity index (χ3n) is 5.42. The minimum absolute atomic E-state index is 0. The first-order valence-corrected chi connectivity index (χ1v) is 10.5. The molecule has 2 fully saturated rings. The molecule has 1 heterocycles. The number of halogens is 1. The minimum Gasteiger partial charge on any atom is -0.392 e. The monoisotopic (exact) mass is 417 g/mol. The molecule has 1 amide bonds. The second kappa shape index (κ2) is 8.87. The van der Waals surface area contributed by atoms with Gasteiger partial charge in [0.05, 0.1) is 11.0 Å². The van der Waals surface area contributed by atoms with Crippen LogP contribution in [0.1, 0.15) is 24.8 Å². The quantitative estimate of drug-likeness (QED) is 0.754. The molecule has 0 radical (unpaired) electrons. The van der Waals surface area contributed by atoms with Gasteiger partial charge < -0.3 is 15.7 Å². The summed E-state index contributed by atoms with van der Waals surface area (Å²) in [5.74, 6) is -0.145. The van der Waals surface area contributed by atoms with Gasteiger partial charge >= 0.3 is 0 Å². The van der Waals surface area contributed by atoms with Crippen molar-refractivity contribution in [2.24, 2.45) is 11.7 Å². The molecule has 1 saturated heterocycles. The van der Waals surface area contributed by atoms with Crippen LogP contribution in [-0.4, -0.2) is 67.0 Å². The van der Waals surface area contributed by atoms with Crippen LogP contribution < -0.4 is 5.73 Å². The van der Waals surface area contributed by atoms with Gasteiger partial charge in [0, 0.05) is 38.1 Å². The van der Waals surface area contributed by atoms with E-state index in [-0.39, 0.29) is 35.2 Å². The number of carbonyl (C=O) groups is 1. The summed E-state index contributed by atoms with van der Waals surface area (Å²) in [5, 5.41) is 9.71. The number of aryl methyl sites for hydroxylation is 1. The molecule has 1 aliphatic carbocycles. The van der Waals surface area contributed by atoms with Crippen molar-refractivity contribution in [3.8, 4) is 0 Å². The Bertz CT molecular complexity index is 748. The Balaban J connectivity index is 0.00000261. The maximum absolute atomic E-state index is 12.7. The smallest absolute Gasteiger partial charge is 0.243 e. The van der Waals surface area contributed by atoms with Crippen molar-refractivity contribution >= 4 is 28.3 Å². The number of piperazine rings is 1. The Morgan fingerprint density at radius 3 is 2.26 bits per heavy atom. The van der Waals surface area contributed by atoms with Gasteiger partial charge in [0.2, 0.25) is 15.9 Å². The molecule has 27 heavy (non-hydrogen) atoms. The van der Waals surface area contributed by atoms with E-state index in [0.717, 1.165) is 5.56 Å². The minimum atomic E-state index is -3.53. The molecule has 9 heteroatoms. The zero-order valence-corrected chi connectivity index (χ0v) is 17.1. The highest BCUT2D eigenvalue weighted by molar-refractivity contribution is 7.89. The first kappa shape index (κ1) is 22.1. The molecule has 1 aliphatic heterocycles. The Morgan fingerprint density at radius 1 is 1.11 bits per heavy atom. The topological polar surface area (TPSA) is 104 Å². The van der Waals surface area contributed by atoms with Crippen molar-refractivity contribution in [3.63, 3.8) is 0 Å². The predicted octanol–water partition coefficient (Wildman–Crippen LogP) is 0.738. The highest BCUT2D eigenvalue weighted by Gasteiger charge is 2.36. The van der Waals surface area contributed by atoms with E-state index in [1.54, 1.807) is 29.2 Å². The van der Waals surface area contributed by atoms with Crippen LogP contribution in [0.3, 0.4) is 0 Å². The van der Waals surface area contributed by atoms with Crippen LogP contribution in [0.5, 0.6) is 0 Å². The van der Waals surface area contributed by atoms with Gasteiger partial charge in [-0.1, -0.05) is 17.7 Å². The van der Waals surface area contributed by atoms with Gasteiger partial charge in [-0.2, -0.15) is 4.31 Å². The van der Waals surface area contributed by atoms with Crippen LogP contribution in [0.2, 0.25) is 0 Å². The summed E-state index contributed by atoms with van der Waals surface area (Å²) < 4.78 is 26.9. The summed E-state index contributed by atoms with van der Waals surface area (Å²) >= 11 is 0. The number of benzene rings is 1. The molecule has 1 aromatic rings. The molecule has 2 aliphatic rings. The van der Waals surface area contributed by atoms with Gasteiger partial charge in [-0.15, -0.1) is 12.4 Å². The standard InChI is InChI=1S/C18H27N3O4S.ClH/c1-13-2-5-15(6-3-13)26(24,25)21-10-8-20(9-11-21)18(23)14-4-7-17(22)16(19)12-14;/h2-3,5-6,14,16-17,22H,4,7-12,19H2,1H3;1H/t14-,16+,17+;/m0./s1. The van der Waals surface area contributed by atoms with E-state index < -0.39 is 16.1 Å². The number of nitrogens with zero attached hydrogens (tertiary/aromatic N) is 2. The summed E-state index contributed by atoms with van der Waals surface area (Å²) in [7, 11) is -3.53. The highest BCUT2D eigenvalue weighted by Crippen LogP contribution is 2.26. The largest absolute Gasteiger partial charge is 0.392 e. The molecule has 3 atom stereocenters. The number of rotatable bonds is 3. The van der Waals surface area contributed by atoms with Crippen molar-refractivity contribution in [3.05, 3.63) is 29.8 Å². The second-order valence-corrected chi connectivity index (χ2v) is 9.22. The predicted molar refractivity (Wildman–Crippen MR) is 105 cm³/mol. The van der Waals surface area contributed by atoms with Crippen LogP contribution in [0.4, 0.5) is 0 Å². The van der Waals surface area contributed by atoms with Crippen molar-refractivity contribution in [2.45, 2.75) is 43.2 Å². The Morgan fingerprint density at radius 2 is 1.70 bits per heavy atom. The fourth-order valence-corrected chi connectivity index (χ4v) is 5.10. The van der Waals surface area contributed by atoms with Gasteiger partial charge in [0.15, 0.2) is 0 Å². The van der Waals surface area contributed by atoms with E-state index >= 15 is 0 Å². The average Bonchev–Trinajstić information content (AvgIpc) is 2.64. The van der Waals surface area contributed by atoms with Crippen molar-refractivity contribution in [1.29, 1.82) is 0 Å². The van der Waals surface area contributed by atoms with E-state index in [2.05, 4.69) is 0 Å². The number of aliphatic hydroxyl groups is 1. The van der Waals surface area contributed by atoms with Crippen molar-refractivity contribution < 1.29 is 18.3 Å². The maximum atomic E-state index is 12.7. The molecule has 3 N–H and O–H groups in total. The Labute approximate surface area is 167 Å². The number of amides is 1. The molecule has 0 spiro atoms.